The van der Waals surface area contributed by atoms with Gasteiger partial charge in [0.05, 0.1) is 0 Å². The third kappa shape index (κ3) is 1.42. The van der Waals surface area contributed by atoms with Crippen LogP contribution < -0.4 is 0 Å². The Bertz CT molecular complexity index is 413. The molecule has 4 fully saturated rings. The number of carbonyl (C=O) groups is 1. The Labute approximate surface area is 108 Å². The molecule has 98 valence electrons. The molecule has 4 bridgehead atoms. The van der Waals surface area contributed by atoms with Crippen LogP contribution in [-0.4, -0.2) is 18.3 Å². The van der Waals surface area contributed by atoms with E-state index in [4.69, 9.17) is 4.74 Å². The summed E-state index contributed by atoms with van der Waals surface area (Å²) in [6, 6.07) is 0. The molecule has 3 nitrogen and oxygen atoms in total. The predicted molar refractivity (Wildman–Crippen MR) is 70.2 cm³/mol. The van der Waals surface area contributed by atoms with Crippen molar-refractivity contribution in [3.8, 4) is 0 Å². The van der Waals surface area contributed by atoms with E-state index >= 15 is 0 Å². The molecule has 3 heteroatoms. The lowest BCUT2D eigenvalue weighted by Crippen LogP contribution is -2.47. The van der Waals surface area contributed by atoms with E-state index in [1.54, 1.807) is 0 Å². The lowest BCUT2D eigenvalue weighted by molar-refractivity contribution is -0.170. The minimum Gasteiger partial charge on any atom is -0.454 e. The Kier molecular flexibility index (Phi) is 2.61. The van der Waals surface area contributed by atoms with Gasteiger partial charge in [-0.1, -0.05) is 13.5 Å². The van der Waals surface area contributed by atoms with Gasteiger partial charge in [-0.05, 0) is 56.6 Å². The molecule has 0 saturated heterocycles. The summed E-state index contributed by atoms with van der Waals surface area (Å²) in [4.78, 5) is 15.6. The molecule has 0 aromatic rings. The van der Waals surface area contributed by atoms with Gasteiger partial charge in [0.25, 0.3) is 0 Å². The Balaban J connectivity index is 1.85. The van der Waals surface area contributed by atoms with Crippen LogP contribution in [-0.2, 0) is 9.53 Å². The lowest BCUT2D eigenvalue weighted by atomic mass is 9.71. The van der Waals surface area contributed by atoms with Gasteiger partial charge in [0.1, 0.15) is 11.3 Å². The summed E-state index contributed by atoms with van der Waals surface area (Å²) in [7, 11) is 0. The highest BCUT2D eigenvalue weighted by molar-refractivity contribution is 5.88. The molecular formula is C15H21NO2. The van der Waals surface area contributed by atoms with Crippen molar-refractivity contribution in [1.82, 2.24) is 0 Å². The Morgan fingerprint density at radius 1 is 1.39 bits per heavy atom. The highest BCUT2D eigenvalue weighted by Gasteiger charge is 2.63. The smallest absolute Gasteiger partial charge is 0.356 e. The molecule has 0 aliphatic heterocycles. The topological polar surface area (TPSA) is 38.7 Å². The molecule has 4 rings (SSSR count). The first-order valence-corrected chi connectivity index (χ1v) is 6.99. The van der Waals surface area contributed by atoms with Gasteiger partial charge >= 0.3 is 5.97 Å². The molecule has 0 aromatic heterocycles. The van der Waals surface area contributed by atoms with Crippen molar-refractivity contribution in [2.24, 2.45) is 28.7 Å². The van der Waals surface area contributed by atoms with E-state index in [2.05, 4.69) is 25.2 Å². The van der Waals surface area contributed by atoms with Crippen molar-refractivity contribution >= 4 is 12.7 Å². The molecule has 0 heterocycles. The maximum absolute atomic E-state index is 12.0. The number of ether oxygens (including phenoxy) is 1. The molecule has 4 saturated carbocycles. The molecule has 0 N–H and O–H groups in total. The van der Waals surface area contributed by atoms with Crippen molar-refractivity contribution in [2.45, 2.75) is 44.6 Å². The van der Waals surface area contributed by atoms with Crippen LogP contribution in [0.3, 0.4) is 0 Å². The van der Waals surface area contributed by atoms with E-state index in [0.717, 1.165) is 18.3 Å². The number of carbonyl (C=O) groups excluding carboxylic acids is 1. The summed E-state index contributed by atoms with van der Waals surface area (Å²) in [6.45, 7) is 9.09. The molecule has 0 spiro atoms. The zero-order chi connectivity index (χ0) is 12.9. The maximum Gasteiger partial charge on any atom is 0.356 e. The van der Waals surface area contributed by atoms with E-state index in [9.17, 15) is 4.79 Å². The largest absolute Gasteiger partial charge is 0.454 e. The van der Waals surface area contributed by atoms with Crippen molar-refractivity contribution in [3.05, 3.63) is 12.3 Å². The third-order valence-corrected chi connectivity index (χ3v) is 5.58. The molecule has 4 aliphatic carbocycles. The summed E-state index contributed by atoms with van der Waals surface area (Å²) < 4.78 is 5.89. The number of nitrogens with zero attached hydrogens (tertiary/aromatic N) is 1. The second kappa shape index (κ2) is 3.94. The number of aliphatic imine (C=N–C) groups is 1. The SMILES string of the molecule is C=NC(=C)C(=O)OC1(CC)C2CC3CC(C2)C1C3. The zero-order valence-electron chi connectivity index (χ0n) is 11.0. The fraction of sp³-hybridized carbons (Fsp3) is 0.733. The average Bonchev–Trinajstić information content (AvgIpc) is 2.78. The summed E-state index contributed by atoms with van der Waals surface area (Å²) >= 11 is 0. The van der Waals surface area contributed by atoms with Crippen molar-refractivity contribution in [2.75, 3.05) is 0 Å². The molecule has 4 aliphatic rings. The van der Waals surface area contributed by atoms with Gasteiger partial charge in [-0.2, -0.15) is 0 Å². The van der Waals surface area contributed by atoms with Gasteiger partial charge in [0, 0.05) is 5.92 Å². The first kappa shape index (κ1) is 11.9. The van der Waals surface area contributed by atoms with Gasteiger partial charge in [0.15, 0.2) is 0 Å². The fourth-order valence-electron chi connectivity index (χ4n) is 4.94. The maximum atomic E-state index is 12.0. The molecule has 0 aromatic carbocycles. The van der Waals surface area contributed by atoms with Gasteiger partial charge in [-0.3, -0.25) is 4.99 Å². The quantitative estimate of drug-likeness (QED) is 0.435. The second-order valence-electron chi connectivity index (χ2n) is 6.18. The van der Waals surface area contributed by atoms with Gasteiger partial charge in [-0.15, -0.1) is 0 Å². The van der Waals surface area contributed by atoms with Gasteiger partial charge in [0.2, 0.25) is 0 Å². The van der Waals surface area contributed by atoms with E-state index in [-0.39, 0.29) is 17.3 Å². The van der Waals surface area contributed by atoms with Gasteiger partial charge in [-0.25, -0.2) is 4.79 Å². The Morgan fingerprint density at radius 3 is 2.78 bits per heavy atom. The van der Waals surface area contributed by atoms with E-state index in [1.165, 1.54) is 25.7 Å². The lowest BCUT2D eigenvalue weighted by Gasteiger charge is -2.43. The Morgan fingerprint density at radius 2 is 2.17 bits per heavy atom. The van der Waals surface area contributed by atoms with Crippen LogP contribution in [0, 0.1) is 23.7 Å². The number of hydrogen-bond acceptors (Lipinski definition) is 3. The van der Waals surface area contributed by atoms with Crippen LogP contribution >= 0.6 is 0 Å². The van der Waals surface area contributed by atoms with E-state index < -0.39 is 0 Å². The average molecular weight is 247 g/mol. The van der Waals surface area contributed by atoms with Crippen LogP contribution in [0.5, 0.6) is 0 Å². The number of hydrogen-bond donors (Lipinski definition) is 0. The molecule has 5 unspecified atom stereocenters. The summed E-state index contributed by atoms with van der Waals surface area (Å²) in [5.41, 5.74) is -0.0947. The summed E-state index contributed by atoms with van der Waals surface area (Å²) in [6.07, 6.45) is 6.00. The highest BCUT2D eigenvalue weighted by atomic mass is 16.6. The van der Waals surface area contributed by atoms with Gasteiger partial charge < -0.3 is 4.74 Å². The van der Waals surface area contributed by atoms with Crippen molar-refractivity contribution < 1.29 is 9.53 Å². The van der Waals surface area contributed by atoms with Crippen LogP contribution in [0.25, 0.3) is 0 Å². The van der Waals surface area contributed by atoms with Crippen LogP contribution in [0.2, 0.25) is 0 Å². The van der Waals surface area contributed by atoms with Crippen LogP contribution in [0.1, 0.15) is 39.0 Å². The third-order valence-electron chi connectivity index (χ3n) is 5.58. The monoisotopic (exact) mass is 247 g/mol. The standard InChI is InChI=1S/C15H21NO2/c1-4-15(18-14(17)9(2)16-3)12-6-10-5-11(8-12)13(15)7-10/h10-13H,2-8H2,1H3. The van der Waals surface area contributed by atoms with Crippen molar-refractivity contribution in [1.29, 1.82) is 0 Å². The first-order chi connectivity index (χ1) is 8.60. The fourth-order valence-corrected chi connectivity index (χ4v) is 4.94. The second-order valence-corrected chi connectivity index (χ2v) is 6.18. The Hall–Kier alpha value is -1.12. The molecule has 0 amide bonds. The summed E-state index contributed by atoms with van der Waals surface area (Å²) in [5.74, 6) is 2.44. The van der Waals surface area contributed by atoms with Crippen LogP contribution in [0.4, 0.5) is 0 Å². The van der Waals surface area contributed by atoms with E-state index in [0.29, 0.717) is 11.8 Å². The summed E-state index contributed by atoms with van der Waals surface area (Å²) in [5, 5.41) is 0. The number of rotatable bonds is 4. The molecule has 0 radical (unpaired) electrons. The zero-order valence-corrected chi connectivity index (χ0v) is 11.0. The normalized spacial score (nSPS) is 44.1. The minimum atomic E-state index is -0.372. The molecule has 18 heavy (non-hydrogen) atoms. The minimum absolute atomic E-state index is 0.139. The molecular weight excluding hydrogens is 226 g/mol. The predicted octanol–water partition coefficient (Wildman–Crippen LogP) is 2.96. The first-order valence-electron chi connectivity index (χ1n) is 6.99. The van der Waals surface area contributed by atoms with Crippen LogP contribution in [0.15, 0.2) is 17.3 Å². The van der Waals surface area contributed by atoms with Crippen molar-refractivity contribution in [3.63, 3.8) is 0 Å². The van der Waals surface area contributed by atoms with E-state index in [1.807, 2.05) is 0 Å². The number of esters is 1. The molecule has 5 atom stereocenters. The highest BCUT2D eigenvalue weighted by Crippen LogP contribution is 2.65.